The molecule has 0 aromatic heterocycles. The van der Waals surface area contributed by atoms with Gasteiger partial charge in [-0.15, -0.1) is 0 Å². The summed E-state index contributed by atoms with van der Waals surface area (Å²) in [6.45, 7) is 1.89. The maximum Gasteiger partial charge on any atom is 0.407 e. The van der Waals surface area contributed by atoms with Gasteiger partial charge in [-0.05, 0) is 31.2 Å². The number of hydrogen-bond donors (Lipinski definition) is 2. The van der Waals surface area contributed by atoms with Crippen LogP contribution in [0.4, 0.5) is 5.69 Å². The molecule has 0 aliphatic heterocycles. The van der Waals surface area contributed by atoms with Gasteiger partial charge in [-0.2, -0.15) is 8.42 Å². The van der Waals surface area contributed by atoms with E-state index in [9.17, 15) is 13.5 Å². The highest BCUT2D eigenvalue weighted by atomic mass is 32.2. The zero-order chi connectivity index (χ0) is 13.9. The zero-order valence-electron chi connectivity index (χ0n) is 10.2. The van der Waals surface area contributed by atoms with Crippen molar-refractivity contribution in [3.8, 4) is 11.5 Å². The lowest BCUT2D eigenvalue weighted by Crippen LogP contribution is -2.19. The Morgan fingerprint density at radius 2 is 1.68 bits per heavy atom. The molecular formula is C13H13NO4S. The molecule has 2 aromatic carbocycles. The summed E-state index contributed by atoms with van der Waals surface area (Å²) in [4.78, 5) is 0. The Balaban J connectivity index is 2.15. The van der Waals surface area contributed by atoms with Crippen LogP contribution in [0, 0.1) is 6.92 Å². The molecular weight excluding hydrogens is 266 g/mol. The summed E-state index contributed by atoms with van der Waals surface area (Å²) < 4.78 is 30.5. The predicted molar refractivity (Wildman–Crippen MR) is 72.5 cm³/mol. The van der Waals surface area contributed by atoms with Gasteiger partial charge in [0, 0.05) is 0 Å². The second-order valence-electron chi connectivity index (χ2n) is 3.97. The van der Waals surface area contributed by atoms with Gasteiger partial charge in [0.1, 0.15) is 11.5 Å². The topological polar surface area (TPSA) is 75.6 Å². The van der Waals surface area contributed by atoms with Crippen LogP contribution >= 0.6 is 0 Å². The smallest absolute Gasteiger partial charge is 0.407 e. The summed E-state index contributed by atoms with van der Waals surface area (Å²) in [6, 6.07) is 12.6. The highest BCUT2D eigenvalue weighted by Crippen LogP contribution is 2.23. The van der Waals surface area contributed by atoms with Crippen molar-refractivity contribution in [1.29, 1.82) is 0 Å². The number of nitrogens with one attached hydrogen (secondary N) is 1. The van der Waals surface area contributed by atoms with E-state index in [1.165, 1.54) is 12.1 Å². The molecule has 0 atom stereocenters. The fourth-order valence-electron chi connectivity index (χ4n) is 1.44. The van der Waals surface area contributed by atoms with Crippen molar-refractivity contribution in [2.75, 3.05) is 4.72 Å². The number of hydrogen-bond acceptors (Lipinski definition) is 4. The van der Waals surface area contributed by atoms with Crippen molar-refractivity contribution < 1.29 is 17.7 Å². The molecule has 2 N–H and O–H groups in total. The van der Waals surface area contributed by atoms with Gasteiger partial charge in [0.05, 0.1) is 5.69 Å². The molecule has 0 heterocycles. The Hall–Kier alpha value is -2.21. The van der Waals surface area contributed by atoms with Crippen LogP contribution in [0.1, 0.15) is 5.56 Å². The first kappa shape index (κ1) is 13.2. The molecule has 0 aliphatic rings. The normalized spacial score (nSPS) is 11.0. The molecule has 100 valence electrons. The van der Waals surface area contributed by atoms with Crippen LogP contribution in [0.2, 0.25) is 0 Å². The average molecular weight is 279 g/mol. The van der Waals surface area contributed by atoms with Crippen molar-refractivity contribution in [3.05, 3.63) is 54.1 Å². The number of rotatable bonds is 4. The first-order valence-corrected chi connectivity index (χ1v) is 6.94. The molecule has 0 radical (unpaired) electrons. The predicted octanol–water partition coefficient (Wildman–Crippen LogP) is 2.44. The van der Waals surface area contributed by atoms with Crippen LogP contribution in [0.3, 0.4) is 0 Å². The van der Waals surface area contributed by atoms with Crippen molar-refractivity contribution in [1.82, 2.24) is 0 Å². The van der Waals surface area contributed by atoms with E-state index in [0.717, 1.165) is 5.56 Å². The first-order valence-electron chi connectivity index (χ1n) is 5.53. The molecule has 0 spiro atoms. The van der Waals surface area contributed by atoms with Crippen LogP contribution < -0.4 is 8.91 Å². The maximum absolute atomic E-state index is 11.8. The third-order valence-electron chi connectivity index (χ3n) is 2.37. The minimum Gasteiger partial charge on any atom is -0.506 e. The monoisotopic (exact) mass is 279 g/mol. The molecule has 0 saturated heterocycles. The van der Waals surface area contributed by atoms with Gasteiger partial charge >= 0.3 is 10.3 Å². The molecule has 0 unspecified atom stereocenters. The van der Waals surface area contributed by atoms with Gasteiger partial charge in [-0.25, -0.2) is 4.72 Å². The van der Waals surface area contributed by atoms with Gasteiger partial charge in [0.2, 0.25) is 0 Å². The molecule has 2 rings (SSSR count). The Morgan fingerprint density at radius 3 is 2.32 bits per heavy atom. The fourth-order valence-corrected chi connectivity index (χ4v) is 2.28. The van der Waals surface area contributed by atoms with Gasteiger partial charge in [0.15, 0.2) is 0 Å². The molecule has 5 nitrogen and oxygen atoms in total. The Morgan fingerprint density at radius 1 is 1.05 bits per heavy atom. The van der Waals surface area contributed by atoms with Crippen molar-refractivity contribution in [2.45, 2.75) is 6.92 Å². The number of aromatic hydroxyl groups is 1. The van der Waals surface area contributed by atoms with E-state index >= 15 is 0 Å². The number of phenols is 1. The number of phenolic OH excluding ortho intramolecular Hbond substituents is 1. The molecule has 0 bridgehead atoms. The lowest BCUT2D eigenvalue weighted by molar-refractivity contribution is 0.474. The number of aryl methyl sites for hydroxylation is 1. The van der Waals surface area contributed by atoms with Crippen LogP contribution in [0.15, 0.2) is 48.5 Å². The van der Waals surface area contributed by atoms with Crippen LogP contribution in [-0.2, 0) is 10.3 Å². The molecule has 0 saturated carbocycles. The molecule has 2 aromatic rings. The average Bonchev–Trinajstić information content (AvgIpc) is 2.35. The van der Waals surface area contributed by atoms with E-state index in [2.05, 4.69) is 4.72 Å². The molecule has 6 heteroatoms. The highest BCUT2D eigenvalue weighted by Gasteiger charge is 2.14. The van der Waals surface area contributed by atoms with E-state index < -0.39 is 10.3 Å². The molecule has 0 amide bonds. The van der Waals surface area contributed by atoms with Crippen molar-refractivity contribution in [3.63, 3.8) is 0 Å². The van der Waals surface area contributed by atoms with E-state index in [1.807, 2.05) is 6.92 Å². The van der Waals surface area contributed by atoms with Crippen LogP contribution in [0.25, 0.3) is 0 Å². The van der Waals surface area contributed by atoms with Crippen LogP contribution in [-0.4, -0.2) is 13.5 Å². The van der Waals surface area contributed by atoms with E-state index in [-0.39, 0.29) is 17.2 Å². The summed E-state index contributed by atoms with van der Waals surface area (Å²) in [7, 11) is -4.03. The Labute approximate surface area is 111 Å². The minimum absolute atomic E-state index is 0.0645. The molecule has 0 aliphatic carbocycles. The fraction of sp³-hybridized carbons (Fsp3) is 0.0769. The zero-order valence-corrected chi connectivity index (χ0v) is 11.0. The lowest BCUT2D eigenvalue weighted by atomic mass is 10.2. The number of benzene rings is 2. The van der Waals surface area contributed by atoms with Gasteiger partial charge in [0.25, 0.3) is 0 Å². The van der Waals surface area contributed by atoms with E-state index in [0.29, 0.717) is 0 Å². The quantitative estimate of drug-likeness (QED) is 0.843. The summed E-state index contributed by atoms with van der Waals surface area (Å²) in [5.41, 5.74) is 1.06. The third-order valence-corrected chi connectivity index (χ3v) is 3.25. The first-order chi connectivity index (χ1) is 8.96. The third kappa shape index (κ3) is 3.62. The maximum atomic E-state index is 11.8. The molecule has 19 heavy (non-hydrogen) atoms. The number of para-hydroxylation sites is 2. The second kappa shape index (κ2) is 5.19. The van der Waals surface area contributed by atoms with Crippen LogP contribution in [0.5, 0.6) is 11.5 Å². The standard InChI is InChI=1S/C13H13NO4S/c1-10-6-8-11(9-7-10)18-19(16,17)14-12-4-2-3-5-13(12)15/h2-9,14-15H,1H3. The SMILES string of the molecule is Cc1ccc(OS(=O)(=O)Nc2ccccc2O)cc1. The van der Waals surface area contributed by atoms with Gasteiger partial charge in [-0.1, -0.05) is 29.8 Å². The van der Waals surface area contributed by atoms with Crippen molar-refractivity contribution in [2.24, 2.45) is 0 Å². The summed E-state index contributed by atoms with van der Waals surface area (Å²) >= 11 is 0. The Bertz CT molecular complexity index is 665. The highest BCUT2D eigenvalue weighted by molar-refractivity contribution is 7.88. The second-order valence-corrected chi connectivity index (χ2v) is 5.25. The minimum atomic E-state index is -4.03. The lowest BCUT2D eigenvalue weighted by Gasteiger charge is -2.10. The largest absolute Gasteiger partial charge is 0.506 e. The summed E-state index contributed by atoms with van der Waals surface area (Å²) in [5, 5.41) is 9.49. The van der Waals surface area contributed by atoms with E-state index in [4.69, 9.17) is 4.18 Å². The van der Waals surface area contributed by atoms with E-state index in [1.54, 1.807) is 36.4 Å². The summed E-state index contributed by atoms with van der Waals surface area (Å²) in [5.74, 6) is 0.0344. The van der Waals surface area contributed by atoms with Gasteiger partial charge < -0.3 is 9.29 Å². The molecule has 0 fully saturated rings. The van der Waals surface area contributed by atoms with Crippen molar-refractivity contribution >= 4 is 16.0 Å². The number of anilines is 1. The summed E-state index contributed by atoms with van der Waals surface area (Å²) in [6.07, 6.45) is 0. The van der Waals surface area contributed by atoms with Gasteiger partial charge in [-0.3, -0.25) is 0 Å². The Kier molecular flexibility index (Phi) is 3.62.